The molecule has 8 heteroatoms. The average molecular weight is 343 g/mol. The molecule has 0 fully saturated rings. The lowest BCUT2D eigenvalue weighted by atomic mass is 10.2. The average Bonchev–Trinajstić information content (AvgIpc) is 2.87. The van der Waals surface area contributed by atoms with Crippen LogP contribution in [0.3, 0.4) is 0 Å². The molecule has 0 aliphatic rings. The normalized spacial score (nSPS) is 11.1. The number of hydrogen-bond acceptors (Lipinski definition) is 7. The molecule has 2 heterocycles. The van der Waals surface area contributed by atoms with Gasteiger partial charge in [0.05, 0.1) is 17.6 Å². The Balaban J connectivity index is 2.26. The molecule has 0 aliphatic heterocycles. The van der Waals surface area contributed by atoms with Crippen molar-refractivity contribution in [3.8, 4) is 0 Å². The smallest absolute Gasteiger partial charge is 0.339 e. The van der Waals surface area contributed by atoms with Crippen molar-refractivity contribution in [3.63, 3.8) is 0 Å². The van der Waals surface area contributed by atoms with Gasteiger partial charge in [0.2, 0.25) is 5.28 Å². The van der Waals surface area contributed by atoms with Gasteiger partial charge in [-0.2, -0.15) is 0 Å². The van der Waals surface area contributed by atoms with Gasteiger partial charge in [0.25, 0.3) is 0 Å². The molecule has 0 aromatic carbocycles. The van der Waals surface area contributed by atoms with Gasteiger partial charge in [0, 0.05) is 11.9 Å². The predicted octanol–water partition coefficient (Wildman–Crippen LogP) is 2.89. The maximum Gasteiger partial charge on any atom is 0.339 e. The summed E-state index contributed by atoms with van der Waals surface area (Å²) in [6.45, 7) is 3.80. The molecule has 2 aromatic rings. The highest BCUT2D eigenvalue weighted by Gasteiger charge is 2.19. The van der Waals surface area contributed by atoms with Crippen LogP contribution in [0.15, 0.2) is 5.38 Å². The minimum absolute atomic E-state index is 0.167. The number of nitrogens with one attached hydrogen (secondary N) is 1. The predicted molar refractivity (Wildman–Crippen MR) is 90.0 cm³/mol. The van der Waals surface area contributed by atoms with E-state index in [1.807, 2.05) is 14.1 Å². The van der Waals surface area contributed by atoms with Crippen molar-refractivity contribution in [1.29, 1.82) is 0 Å². The SMILES string of the molecule is CCOC(=O)c1csc2nc(Cl)nc(NCCCN(C)C)c12. The highest BCUT2D eigenvalue weighted by molar-refractivity contribution is 7.17. The molecule has 0 spiro atoms. The van der Waals surface area contributed by atoms with Crippen molar-refractivity contribution in [1.82, 2.24) is 14.9 Å². The van der Waals surface area contributed by atoms with E-state index >= 15 is 0 Å². The van der Waals surface area contributed by atoms with Gasteiger partial charge < -0.3 is 15.0 Å². The number of anilines is 1. The third kappa shape index (κ3) is 4.06. The molecular formula is C14H19ClN4O2S. The van der Waals surface area contributed by atoms with Gasteiger partial charge in [-0.05, 0) is 45.6 Å². The lowest BCUT2D eigenvalue weighted by Crippen LogP contribution is -2.17. The van der Waals surface area contributed by atoms with E-state index in [0.717, 1.165) is 19.5 Å². The number of halogens is 1. The molecular weight excluding hydrogens is 324 g/mol. The number of ether oxygens (including phenoxy) is 1. The summed E-state index contributed by atoms with van der Waals surface area (Å²) < 4.78 is 5.08. The van der Waals surface area contributed by atoms with Crippen LogP contribution in [-0.2, 0) is 4.74 Å². The van der Waals surface area contributed by atoms with Gasteiger partial charge in [-0.1, -0.05) is 0 Å². The van der Waals surface area contributed by atoms with Crippen molar-refractivity contribution in [2.24, 2.45) is 0 Å². The first-order valence-corrected chi connectivity index (χ1v) is 8.29. The number of aromatic nitrogens is 2. The van der Waals surface area contributed by atoms with Gasteiger partial charge in [-0.3, -0.25) is 0 Å². The lowest BCUT2D eigenvalue weighted by Gasteiger charge is -2.11. The van der Waals surface area contributed by atoms with E-state index in [2.05, 4.69) is 20.2 Å². The van der Waals surface area contributed by atoms with E-state index in [9.17, 15) is 4.79 Å². The molecule has 0 aliphatic carbocycles. The molecule has 0 radical (unpaired) electrons. The number of thiophene rings is 1. The molecule has 0 saturated carbocycles. The Morgan fingerprint density at radius 3 is 2.91 bits per heavy atom. The number of fused-ring (bicyclic) bond motifs is 1. The molecule has 0 atom stereocenters. The summed E-state index contributed by atoms with van der Waals surface area (Å²) in [6.07, 6.45) is 0.953. The van der Waals surface area contributed by atoms with Crippen molar-refractivity contribution in [2.45, 2.75) is 13.3 Å². The fourth-order valence-corrected chi connectivity index (χ4v) is 3.13. The topological polar surface area (TPSA) is 67.3 Å². The Bertz CT molecular complexity index is 660. The third-order valence-electron chi connectivity index (χ3n) is 2.98. The second kappa shape index (κ2) is 7.71. The fraction of sp³-hybridized carbons (Fsp3) is 0.500. The van der Waals surface area contributed by atoms with Gasteiger partial charge in [-0.25, -0.2) is 14.8 Å². The number of carbonyl (C=O) groups is 1. The van der Waals surface area contributed by atoms with Crippen LogP contribution >= 0.6 is 22.9 Å². The molecule has 2 rings (SSSR count). The van der Waals surface area contributed by atoms with Crippen molar-refractivity contribution in [2.75, 3.05) is 39.1 Å². The molecule has 0 amide bonds. The second-order valence-electron chi connectivity index (χ2n) is 4.97. The Morgan fingerprint density at radius 1 is 1.45 bits per heavy atom. The van der Waals surface area contributed by atoms with Crippen molar-refractivity contribution in [3.05, 3.63) is 16.2 Å². The molecule has 0 saturated heterocycles. The number of esters is 1. The second-order valence-corrected chi connectivity index (χ2v) is 6.17. The summed E-state index contributed by atoms with van der Waals surface area (Å²) in [4.78, 5) is 23.2. The summed E-state index contributed by atoms with van der Waals surface area (Å²) in [5, 5.41) is 5.82. The monoisotopic (exact) mass is 342 g/mol. The Kier molecular flexibility index (Phi) is 5.93. The number of carbonyl (C=O) groups excluding carboxylic acids is 1. The first-order chi connectivity index (χ1) is 10.5. The summed E-state index contributed by atoms with van der Waals surface area (Å²) in [5.41, 5.74) is 0.480. The van der Waals surface area contributed by atoms with E-state index in [1.165, 1.54) is 11.3 Å². The van der Waals surface area contributed by atoms with Crippen LogP contribution in [0.1, 0.15) is 23.7 Å². The summed E-state index contributed by atoms with van der Waals surface area (Å²) in [6, 6.07) is 0. The van der Waals surface area contributed by atoms with Crippen LogP contribution in [0.5, 0.6) is 0 Å². The lowest BCUT2D eigenvalue weighted by molar-refractivity contribution is 0.0529. The minimum Gasteiger partial charge on any atom is -0.462 e. The van der Waals surface area contributed by atoms with Crippen molar-refractivity contribution >= 4 is 44.9 Å². The molecule has 0 unspecified atom stereocenters. The fourth-order valence-electron chi connectivity index (χ4n) is 2.00. The highest BCUT2D eigenvalue weighted by atomic mass is 35.5. The summed E-state index contributed by atoms with van der Waals surface area (Å²) in [7, 11) is 4.05. The molecule has 0 bridgehead atoms. The van der Waals surface area contributed by atoms with Crippen LogP contribution in [0.25, 0.3) is 10.2 Å². The van der Waals surface area contributed by atoms with Gasteiger partial charge in [0.1, 0.15) is 10.6 Å². The van der Waals surface area contributed by atoms with Gasteiger partial charge in [-0.15, -0.1) is 11.3 Å². The maximum absolute atomic E-state index is 12.0. The first kappa shape index (κ1) is 16.9. The first-order valence-electron chi connectivity index (χ1n) is 7.03. The quantitative estimate of drug-likeness (QED) is 0.474. The summed E-state index contributed by atoms with van der Waals surface area (Å²) >= 11 is 7.31. The van der Waals surface area contributed by atoms with Crippen LogP contribution < -0.4 is 5.32 Å². The van der Waals surface area contributed by atoms with E-state index < -0.39 is 0 Å². The molecule has 1 N–H and O–H groups in total. The van der Waals surface area contributed by atoms with Crippen molar-refractivity contribution < 1.29 is 9.53 Å². The van der Waals surface area contributed by atoms with E-state index in [1.54, 1.807) is 12.3 Å². The number of hydrogen-bond donors (Lipinski definition) is 1. The molecule has 120 valence electrons. The van der Waals surface area contributed by atoms with Gasteiger partial charge >= 0.3 is 5.97 Å². The zero-order chi connectivity index (χ0) is 16.1. The van der Waals surface area contributed by atoms with Crippen LogP contribution in [0.2, 0.25) is 5.28 Å². The van der Waals surface area contributed by atoms with Gasteiger partial charge in [0.15, 0.2) is 0 Å². The molecule has 2 aromatic heterocycles. The largest absolute Gasteiger partial charge is 0.462 e. The molecule has 22 heavy (non-hydrogen) atoms. The maximum atomic E-state index is 12.0. The zero-order valence-corrected chi connectivity index (χ0v) is 14.4. The highest BCUT2D eigenvalue weighted by Crippen LogP contribution is 2.31. The van der Waals surface area contributed by atoms with Crippen LogP contribution in [0, 0.1) is 0 Å². The molecule has 6 nitrogen and oxygen atoms in total. The standard InChI is InChI=1S/C14H19ClN4O2S/c1-4-21-13(20)9-8-22-12-10(9)11(17-14(15)18-12)16-6-5-7-19(2)3/h8H,4-7H2,1-3H3,(H,16,17,18). The van der Waals surface area contributed by atoms with E-state index in [-0.39, 0.29) is 11.3 Å². The third-order valence-corrected chi connectivity index (χ3v) is 4.02. The number of nitrogens with zero attached hydrogens (tertiary/aromatic N) is 3. The number of rotatable bonds is 7. The Morgan fingerprint density at radius 2 is 2.23 bits per heavy atom. The minimum atomic E-state index is -0.365. The Hall–Kier alpha value is -1.44. The van der Waals surface area contributed by atoms with Crippen LogP contribution in [0.4, 0.5) is 5.82 Å². The summed E-state index contributed by atoms with van der Waals surface area (Å²) in [5.74, 6) is 0.217. The Labute approximate surface area is 138 Å². The zero-order valence-electron chi connectivity index (χ0n) is 12.9. The van der Waals surface area contributed by atoms with E-state index in [4.69, 9.17) is 16.3 Å². The van der Waals surface area contributed by atoms with E-state index in [0.29, 0.717) is 28.2 Å². The van der Waals surface area contributed by atoms with Crippen LogP contribution in [-0.4, -0.2) is 54.6 Å².